The van der Waals surface area contributed by atoms with E-state index in [9.17, 15) is 5.11 Å². The van der Waals surface area contributed by atoms with E-state index in [-0.39, 0.29) is 17.5 Å². The van der Waals surface area contributed by atoms with Gasteiger partial charge in [-0.25, -0.2) is 0 Å². The molecular formula is C18H26O4. The summed E-state index contributed by atoms with van der Waals surface area (Å²) in [7, 11) is 1.55. The molecule has 4 atom stereocenters. The number of hydrogen-bond donors (Lipinski definition) is 1. The van der Waals surface area contributed by atoms with Crippen molar-refractivity contribution < 1.29 is 19.3 Å². The maximum Gasteiger partial charge on any atom is 0.184 e. The van der Waals surface area contributed by atoms with E-state index in [1.165, 1.54) is 6.42 Å². The summed E-state index contributed by atoms with van der Waals surface area (Å²) in [4.78, 5) is 0. The molecule has 2 fully saturated rings. The lowest BCUT2D eigenvalue weighted by atomic mass is 9.72. The van der Waals surface area contributed by atoms with Gasteiger partial charge in [0, 0.05) is 11.5 Å². The molecule has 0 spiro atoms. The minimum Gasteiger partial charge on any atom is -0.504 e. The van der Waals surface area contributed by atoms with E-state index in [4.69, 9.17) is 14.2 Å². The summed E-state index contributed by atoms with van der Waals surface area (Å²) in [5, 5.41) is 9.75. The highest BCUT2D eigenvalue weighted by Crippen LogP contribution is 2.47. The molecule has 1 aromatic carbocycles. The van der Waals surface area contributed by atoms with Crippen molar-refractivity contribution in [2.24, 2.45) is 11.8 Å². The van der Waals surface area contributed by atoms with Gasteiger partial charge in [-0.2, -0.15) is 0 Å². The van der Waals surface area contributed by atoms with Crippen molar-refractivity contribution in [1.82, 2.24) is 0 Å². The molecule has 1 saturated carbocycles. The third kappa shape index (κ3) is 2.82. The molecule has 0 aromatic heterocycles. The van der Waals surface area contributed by atoms with Gasteiger partial charge >= 0.3 is 0 Å². The monoisotopic (exact) mass is 306 g/mol. The number of benzene rings is 1. The Labute approximate surface area is 132 Å². The lowest BCUT2D eigenvalue weighted by Gasteiger charge is -2.50. The fourth-order valence-electron chi connectivity index (χ4n) is 3.81. The van der Waals surface area contributed by atoms with Crippen molar-refractivity contribution in [2.75, 3.05) is 7.11 Å². The normalized spacial score (nSPS) is 34.0. The molecule has 1 heterocycles. The molecule has 1 aromatic rings. The summed E-state index contributed by atoms with van der Waals surface area (Å²) >= 11 is 0. The molecule has 4 nitrogen and oxygen atoms in total. The van der Waals surface area contributed by atoms with Gasteiger partial charge in [-0.3, -0.25) is 0 Å². The Bertz CT molecular complexity index is 540. The van der Waals surface area contributed by atoms with Gasteiger partial charge in [0.2, 0.25) is 0 Å². The van der Waals surface area contributed by atoms with E-state index in [0.717, 1.165) is 18.4 Å². The number of phenolic OH excluding ortho intramolecular Hbond substituents is 1. The largest absolute Gasteiger partial charge is 0.504 e. The zero-order chi connectivity index (χ0) is 15.9. The number of phenols is 1. The number of fused-ring (bicyclic) bond motifs is 1. The Balaban J connectivity index is 1.86. The number of ether oxygens (including phenoxy) is 3. The molecule has 1 aliphatic carbocycles. The van der Waals surface area contributed by atoms with Gasteiger partial charge < -0.3 is 19.3 Å². The van der Waals surface area contributed by atoms with Crippen LogP contribution in [0.2, 0.25) is 0 Å². The van der Waals surface area contributed by atoms with Gasteiger partial charge in [0.25, 0.3) is 0 Å². The van der Waals surface area contributed by atoms with Crippen LogP contribution in [0, 0.1) is 11.8 Å². The molecule has 122 valence electrons. The van der Waals surface area contributed by atoms with Gasteiger partial charge in [-0.05, 0) is 44.7 Å². The molecule has 0 bridgehead atoms. The van der Waals surface area contributed by atoms with Crippen molar-refractivity contribution in [2.45, 2.75) is 58.0 Å². The van der Waals surface area contributed by atoms with Crippen molar-refractivity contribution >= 4 is 0 Å². The smallest absolute Gasteiger partial charge is 0.184 e. The van der Waals surface area contributed by atoms with E-state index >= 15 is 0 Å². The fraction of sp³-hybridized carbons (Fsp3) is 0.667. The predicted molar refractivity (Wildman–Crippen MR) is 83.9 cm³/mol. The summed E-state index contributed by atoms with van der Waals surface area (Å²) in [5.74, 6) is 1.72. The third-order valence-corrected chi connectivity index (χ3v) is 5.13. The molecule has 22 heavy (non-hydrogen) atoms. The molecule has 0 radical (unpaired) electrons. The van der Waals surface area contributed by atoms with Gasteiger partial charge in [-0.15, -0.1) is 0 Å². The molecule has 1 saturated heterocycles. The Hall–Kier alpha value is -1.26. The molecule has 0 amide bonds. The number of rotatable bonds is 2. The van der Waals surface area contributed by atoms with Crippen LogP contribution in [-0.2, 0) is 9.47 Å². The molecule has 1 N–H and O–H groups in total. The standard InChI is InChI=1S/C18H26O4/c1-11-5-7-13-15(9-11)21-17(22-18(13,2)3)12-6-8-14(19)16(10-12)20-4/h6,8,10-11,13,15,17,19H,5,7,9H2,1-4H3/t11-,13-,15?,17?/m1/s1. The molecule has 4 heteroatoms. The Morgan fingerprint density at radius 3 is 2.77 bits per heavy atom. The van der Waals surface area contributed by atoms with E-state index in [1.807, 2.05) is 6.07 Å². The number of hydrogen-bond acceptors (Lipinski definition) is 4. The second-order valence-electron chi connectivity index (χ2n) is 7.18. The van der Waals surface area contributed by atoms with Crippen LogP contribution in [0.5, 0.6) is 11.5 Å². The summed E-state index contributed by atoms with van der Waals surface area (Å²) < 4.78 is 17.7. The molecule has 3 rings (SSSR count). The van der Waals surface area contributed by atoms with Crippen LogP contribution in [0.25, 0.3) is 0 Å². The summed E-state index contributed by atoms with van der Waals surface area (Å²) in [6.45, 7) is 6.61. The van der Waals surface area contributed by atoms with Gasteiger partial charge in [0.15, 0.2) is 17.8 Å². The van der Waals surface area contributed by atoms with Crippen molar-refractivity contribution in [3.63, 3.8) is 0 Å². The zero-order valence-corrected chi connectivity index (χ0v) is 13.8. The lowest BCUT2D eigenvalue weighted by Crippen LogP contribution is -2.51. The maximum atomic E-state index is 9.75. The molecule has 2 aliphatic rings. The van der Waals surface area contributed by atoms with Gasteiger partial charge in [0.1, 0.15) is 0 Å². The average molecular weight is 306 g/mol. The second-order valence-corrected chi connectivity index (χ2v) is 7.18. The van der Waals surface area contributed by atoms with Crippen molar-refractivity contribution in [1.29, 1.82) is 0 Å². The summed E-state index contributed by atoms with van der Waals surface area (Å²) in [6.07, 6.45) is 3.32. The minimum absolute atomic E-state index is 0.130. The van der Waals surface area contributed by atoms with Crippen molar-refractivity contribution in [3.8, 4) is 11.5 Å². The molecule has 2 unspecified atom stereocenters. The SMILES string of the molecule is COc1cc(C2OC3C[C@H](C)CC[C@H]3C(C)(C)O2)ccc1O. The van der Waals surface area contributed by atoms with Crippen LogP contribution in [0.4, 0.5) is 0 Å². The van der Waals surface area contributed by atoms with E-state index in [2.05, 4.69) is 20.8 Å². The first-order valence-corrected chi connectivity index (χ1v) is 8.11. The summed E-state index contributed by atoms with van der Waals surface area (Å²) in [6, 6.07) is 5.26. The third-order valence-electron chi connectivity index (χ3n) is 5.13. The second kappa shape index (κ2) is 5.74. The fourth-order valence-corrected chi connectivity index (χ4v) is 3.81. The van der Waals surface area contributed by atoms with Gasteiger partial charge in [0.05, 0.1) is 18.8 Å². The van der Waals surface area contributed by atoms with E-state index in [1.54, 1.807) is 19.2 Å². The Kier molecular flexibility index (Phi) is 4.08. The Morgan fingerprint density at radius 2 is 2.05 bits per heavy atom. The van der Waals surface area contributed by atoms with Gasteiger partial charge in [-0.1, -0.05) is 19.4 Å². The minimum atomic E-state index is -0.406. The number of methoxy groups -OCH3 is 1. The maximum absolute atomic E-state index is 9.75. The molecule has 1 aliphatic heterocycles. The van der Waals surface area contributed by atoms with E-state index in [0.29, 0.717) is 17.6 Å². The highest BCUT2D eigenvalue weighted by atomic mass is 16.7. The first-order valence-electron chi connectivity index (χ1n) is 8.11. The highest BCUT2D eigenvalue weighted by molar-refractivity contribution is 5.42. The zero-order valence-electron chi connectivity index (χ0n) is 13.8. The first kappa shape index (κ1) is 15.6. The van der Waals surface area contributed by atoms with Crippen LogP contribution >= 0.6 is 0 Å². The van der Waals surface area contributed by atoms with Crippen molar-refractivity contribution in [3.05, 3.63) is 23.8 Å². The van der Waals surface area contributed by atoms with Crippen LogP contribution in [0.1, 0.15) is 51.9 Å². The lowest BCUT2D eigenvalue weighted by molar-refractivity contribution is -0.314. The number of aromatic hydroxyl groups is 1. The predicted octanol–water partition coefficient (Wildman–Crippen LogP) is 4.03. The van der Waals surface area contributed by atoms with E-state index < -0.39 is 6.29 Å². The average Bonchev–Trinajstić information content (AvgIpc) is 2.46. The van der Waals surface area contributed by atoms with Crippen LogP contribution in [0.15, 0.2) is 18.2 Å². The first-order chi connectivity index (χ1) is 10.4. The summed E-state index contributed by atoms with van der Waals surface area (Å²) in [5.41, 5.74) is 0.679. The van der Waals surface area contributed by atoms with Crippen LogP contribution in [0.3, 0.4) is 0 Å². The topological polar surface area (TPSA) is 47.9 Å². The highest BCUT2D eigenvalue weighted by Gasteiger charge is 2.47. The van der Waals surface area contributed by atoms with Crippen LogP contribution < -0.4 is 4.74 Å². The Morgan fingerprint density at radius 1 is 1.27 bits per heavy atom. The van der Waals surface area contributed by atoms with Crippen LogP contribution in [-0.4, -0.2) is 23.9 Å². The molecular weight excluding hydrogens is 280 g/mol. The quantitative estimate of drug-likeness (QED) is 0.896.